The van der Waals surface area contributed by atoms with Gasteiger partial charge in [-0.15, -0.1) is 0 Å². The topological polar surface area (TPSA) is 126 Å². The van der Waals surface area contributed by atoms with Gasteiger partial charge in [0.2, 0.25) is 11.8 Å². The number of ether oxygens (including phenoxy) is 3. The van der Waals surface area contributed by atoms with Crippen LogP contribution >= 0.6 is 0 Å². The number of amides is 3. The Morgan fingerprint density at radius 3 is 2.09 bits per heavy atom. The molecule has 3 amide bonds. The summed E-state index contributed by atoms with van der Waals surface area (Å²) in [6.07, 6.45) is 2.68. The number of para-hydroxylation sites is 2. The molecular weight excluding hydrogens is 562 g/mol. The van der Waals surface area contributed by atoms with E-state index in [9.17, 15) is 14.4 Å². The molecule has 4 rings (SSSR count). The Morgan fingerprint density at radius 1 is 0.932 bits per heavy atom. The normalized spacial score (nSPS) is 18.8. The number of nitrogens with one attached hydrogen (secondary N) is 2. The number of piperidine rings is 1. The predicted octanol–water partition coefficient (Wildman–Crippen LogP) is 4.38. The highest BCUT2D eigenvalue weighted by atomic mass is 16.6. The quantitative estimate of drug-likeness (QED) is 0.305. The van der Waals surface area contributed by atoms with Gasteiger partial charge >= 0.3 is 6.09 Å². The summed E-state index contributed by atoms with van der Waals surface area (Å²) in [6.45, 7) is 6.92. The fraction of sp³-hybridized carbons (Fsp3) is 0.559. The first-order chi connectivity index (χ1) is 21.1. The van der Waals surface area contributed by atoms with E-state index in [0.29, 0.717) is 32.5 Å². The summed E-state index contributed by atoms with van der Waals surface area (Å²) >= 11 is 0. The second kappa shape index (κ2) is 14.9. The standard InChI is InChI=1S/C34H47N3O7/c1-33(2,3)44-32(41)37-21-24(30(39)35-17-11-18-38)20-25(22-37)31(40)36-23-34(16-9-10-19-42-4)26-12-5-7-14-28(26)43-29-15-8-6-13-27(29)34/h5-8,12-15,24-25,38H,9-11,16-23H2,1-4H3,(H,35,39)(H,36,40). The smallest absolute Gasteiger partial charge is 0.410 e. The predicted molar refractivity (Wildman–Crippen MR) is 167 cm³/mol. The lowest BCUT2D eigenvalue weighted by Crippen LogP contribution is -2.54. The number of carbonyl (C=O) groups is 3. The maximum absolute atomic E-state index is 14.0. The van der Waals surface area contributed by atoms with Gasteiger partial charge in [-0.3, -0.25) is 9.59 Å². The van der Waals surface area contributed by atoms with Gasteiger partial charge in [0.1, 0.15) is 17.1 Å². The lowest BCUT2D eigenvalue weighted by atomic mass is 9.69. The average molecular weight is 610 g/mol. The highest BCUT2D eigenvalue weighted by Crippen LogP contribution is 2.50. The number of benzene rings is 2. The Bertz CT molecular complexity index is 1250. The van der Waals surface area contributed by atoms with Crippen molar-refractivity contribution in [1.29, 1.82) is 0 Å². The van der Waals surface area contributed by atoms with Crippen molar-refractivity contribution in [2.24, 2.45) is 11.8 Å². The zero-order valence-corrected chi connectivity index (χ0v) is 26.4. The molecule has 0 aliphatic carbocycles. The molecule has 0 saturated carbocycles. The first-order valence-electron chi connectivity index (χ1n) is 15.6. The van der Waals surface area contributed by atoms with Crippen LogP contribution in [0.3, 0.4) is 0 Å². The number of hydrogen-bond donors (Lipinski definition) is 3. The van der Waals surface area contributed by atoms with Gasteiger partial charge in [-0.2, -0.15) is 0 Å². The minimum atomic E-state index is -0.718. The number of aliphatic hydroxyl groups is 1. The lowest BCUT2D eigenvalue weighted by Gasteiger charge is -2.41. The van der Waals surface area contributed by atoms with E-state index in [0.717, 1.165) is 41.9 Å². The Balaban J connectivity index is 1.59. The molecule has 0 radical (unpaired) electrons. The summed E-state index contributed by atoms with van der Waals surface area (Å²) in [5, 5.41) is 15.2. The van der Waals surface area contributed by atoms with E-state index in [1.807, 2.05) is 36.4 Å². The van der Waals surface area contributed by atoms with Crippen LogP contribution < -0.4 is 15.4 Å². The maximum Gasteiger partial charge on any atom is 0.410 e. The molecule has 2 aliphatic rings. The molecule has 44 heavy (non-hydrogen) atoms. The van der Waals surface area contributed by atoms with Crippen LogP contribution in [0.15, 0.2) is 48.5 Å². The average Bonchev–Trinajstić information content (AvgIpc) is 3.00. The first kappa shape index (κ1) is 33.3. The molecule has 2 aromatic rings. The van der Waals surface area contributed by atoms with Crippen molar-refractivity contribution >= 4 is 17.9 Å². The van der Waals surface area contributed by atoms with Crippen molar-refractivity contribution in [3.05, 3.63) is 59.7 Å². The van der Waals surface area contributed by atoms with Gasteiger partial charge in [0.15, 0.2) is 0 Å². The number of likely N-dealkylation sites (tertiary alicyclic amines) is 1. The Hall–Kier alpha value is -3.63. The Labute approximate surface area is 260 Å². The van der Waals surface area contributed by atoms with E-state index in [1.165, 1.54) is 4.90 Å². The van der Waals surface area contributed by atoms with Crippen LogP contribution in [0, 0.1) is 11.8 Å². The van der Waals surface area contributed by atoms with Crippen LogP contribution in [-0.4, -0.2) is 80.0 Å². The van der Waals surface area contributed by atoms with E-state index in [2.05, 4.69) is 22.8 Å². The number of methoxy groups -OCH3 is 1. The summed E-state index contributed by atoms with van der Waals surface area (Å²) in [5.74, 6) is -0.129. The number of fused-ring (bicyclic) bond motifs is 2. The maximum atomic E-state index is 14.0. The molecule has 0 bridgehead atoms. The van der Waals surface area contributed by atoms with Crippen LogP contribution in [0.2, 0.25) is 0 Å². The molecule has 2 atom stereocenters. The van der Waals surface area contributed by atoms with E-state index in [4.69, 9.17) is 19.3 Å². The van der Waals surface area contributed by atoms with Crippen LogP contribution in [0.1, 0.15) is 64.0 Å². The number of aliphatic hydroxyl groups excluding tert-OH is 1. The van der Waals surface area contributed by atoms with Crippen molar-refractivity contribution in [3.63, 3.8) is 0 Å². The highest BCUT2D eigenvalue weighted by Gasteiger charge is 2.43. The third-order valence-electron chi connectivity index (χ3n) is 8.27. The van der Waals surface area contributed by atoms with Crippen LogP contribution in [0.25, 0.3) is 0 Å². The lowest BCUT2D eigenvalue weighted by molar-refractivity contribution is -0.131. The Kier molecular flexibility index (Phi) is 11.3. The second-order valence-electron chi connectivity index (χ2n) is 12.7. The van der Waals surface area contributed by atoms with Gasteiger partial charge < -0.3 is 34.9 Å². The second-order valence-corrected chi connectivity index (χ2v) is 12.7. The van der Waals surface area contributed by atoms with E-state index < -0.39 is 28.9 Å². The van der Waals surface area contributed by atoms with Crippen LogP contribution in [0.5, 0.6) is 11.5 Å². The van der Waals surface area contributed by atoms with Crippen LogP contribution in [-0.2, 0) is 24.5 Å². The van der Waals surface area contributed by atoms with Crippen molar-refractivity contribution in [3.8, 4) is 11.5 Å². The van der Waals surface area contributed by atoms with Crippen molar-refractivity contribution in [2.75, 3.05) is 46.5 Å². The molecule has 2 aliphatic heterocycles. The number of nitrogens with zero attached hydrogens (tertiary/aromatic N) is 1. The first-order valence-corrected chi connectivity index (χ1v) is 15.6. The van der Waals surface area contributed by atoms with E-state index in [1.54, 1.807) is 27.9 Å². The van der Waals surface area contributed by atoms with Gasteiger partial charge in [-0.05, 0) is 65.0 Å². The summed E-state index contributed by atoms with van der Waals surface area (Å²) in [6, 6.07) is 15.9. The van der Waals surface area contributed by atoms with Gasteiger partial charge in [-0.25, -0.2) is 4.79 Å². The summed E-state index contributed by atoms with van der Waals surface area (Å²) < 4.78 is 17.2. The van der Waals surface area contributed by atoms with E-state index >= 15 is 0 Å². The SMILES string of the molecule is COCCCCC1(CNC(=O)C2CC(C(=O)NCCCO)CN(C(=O)OC(C)(C)C)C2)c2ccccc2Oc2ccccc21. The van der Waals surface area contributed by atoms with Crippen molar-refractivity contribution in [1.82, 2.24) is 15.5 Å². The molecule has 1 saturated heterocycles. The molecule has 2 unspecified atom stereocenters. The van der Waals surface area contributed by atoms with Gasteiger partial charge in [0.05, 0.1) is 11.8 Å². The molecule has 0 aromatic heterocycles. The molecule has 2 aromatic carbocycles. The Morgan fingerprint density at radius 2 is 1.52 bits per heavy atom. The molecule has 10 heteroatoms. The number of unbranched alkanes of at least 4 members (excludes halogenated alkanes) is 1. The fourth-order valence-electron chi connectivity index (χ4n) is 6.16. The minimum Gasteiger partial charge on any atom is -0.457 e. The molecule has 240 valence electrons. The third-order valence-corrected chi connectivity index (χ3v) is 8.27. The highest BCUT2D eigenvalue weighted by molar-refractivity contribution is 5.84. The largest absolute Gasteiger partial charge is 0.457 e. The molecule has 1 fully saturated rings. The van der Waals surface area contributed by atoms with Gasteiger partial charge in [0, 0.05) is 63.0 Å². The summed E-state index contributed by atoms with van der Waals surface area (Å²) in [5.41, 5.74) is 0.757. The van der Waals surface area contributed by atoms with Gasteiger partial charge in [0.25, 0.3) is 0 Å². The number of rotatable bonds is 12. The molecule has 10 nitrogen and oxygen atoms in total. The fourth-order valence-corrected chi connectivity index (χ4v) is 6.16. The zero-order chi connectivity index (χ0) is 31.7. The molecule has 2 heterocycles. The van der Waals surface area contributed by atoms with Crippen molar-refractivity contribution < 1.29 is 33.7 Å². The minimum absolute atomic E-state index is 0.0372. The molecule has 3 N–H and O–H groups in total. The van der Waals surface area contributed by atoms with Gasteiger partial charge in [-0.1, -0.05) is 36.4 Å². The summed E-state index contributed by atoms with van der Waals surface area (Å²) in [4.78, 5) is 41.6. The number of hydrogen-bond acceptors (Lipinski definition) is 7. The molecular formula is C34H47N3O7. The summed E-state index contributed by atoms with van der Waals surface area (Å²) in [7, 11) is 1.69. The zero-order valence-electron chi connectivity index (χ0n) is 26.4. The monoisotopic (exact) mass is 609 g/mol. The van der Waals surface area contributed by atoms with Crippen LogP contribution in [0.4, 0.5) is 4.79 Å². The van der Waals surface area contributed by atoms with E-state index in [-0.39, 0.29) is 31.5 Å². The van der Waals surface area contributed by atoms with Crippen molar-refractivity contribution in [2.45, 2.75) is 63.9 Å². The number of carbonyl (C=O) groups excluding carboxylic acids is 3. The third kappa shape index (κ3) is 8.09. The molecule has 0 spiro atoms.